The van der Waals surface area contributed by atoms with Gasteiger partial charge in [-0.05, 0) is 31.2 Å². The molecule has 3 heteroatoms. The van der Waals surface area contributed by atoms with Crippen molar-refractivity contribution in [2.45, 2.75) is 6.92 Å². The van der Waals surface area contributed by atoms with Crippen LogP contribution in [0.4, 0.5) is 0 Å². The third kappa shape index (κ3) is 1.46. The van der Waals surface area contributed by atoms with Crippen LogP contribution in [-0.4, -0.2) is 9.97 Å². The molecule has 3 nitrogen and oxygen atoms in total. The van der Waals surface area contributed by atoms with Crippen LogP contribution in [-0.2, 0) is 0 Å². The molecule has 0 aliphatic carbocycles. The Morgan fingerprint density at radius 3 is 2.69 bits per heavy atom. The summed E-state index contributed by atoms with van der Waals surface area (Å²) < 4.78 is 5.64. The minimum absolute atomic E-state index is 0.619. The molecule has 0 amide bonds. The van der Waals surface area contributed by atoms with Gasteiger partial charge in [-0.2, -0.15) is 0 Å². The molecular formula is C13H10N2O. The molecule has 0 aliphatic rings. The number of hydrogen-bond donors (Lipinski definition) is 0. The highest BCUT2D eigenvalue weighted by molar-refractivity contribution is 5.75. The summed E-state index contributed by atoms with van der Waals surface area (Å²) in [7, 11) is 0. The molecule has 2 aromatic heterocycles. The Hall–Kier alpha value is -2.16. The summed E-state index contributed by atoms with van der Waals surface area (Å²) in [5.41, 5.74) is 3.57. The van der Waals surface area contributed by atoms with Gasteiger partial charge in [-0.25, -0.2) is 4.98 Å². The van der Waals surface area contributed by atoms with Crippen molar-refractivity contribution in [2.24, 2.45) is 0 Å². The highest BCUT2D eigenvalue weighted by atomic mass is 16.3. The van der Waals surface area contributed by atoms with Gasteiger partial charge in [0.2, 0.25) is 5.89 Å². The Morgan fingerprint density at radius 1 is 1.06 bits per heavy atom. The normalized spacial score (nSPS) is 10.8. The van der Waals surface area contributed by atoms with E-state index in [0.717, 1.165) is 22.4 Å². The van der Waals surface area contributed by atoms with E-state index >= 15 is 0 Å². The number of aryl methyl sites for hydroxylation is 1. The van der Waals surface area contributed by atoms with Gasteiger partial charge in [0.1, 0.15) is 5.52 Å². The molecule has 0 aliphatic heterocycles. The molecule has 0 radical (unpaired) electrons. The van der Waals surface area contributed by atoms with E-state index in [2.05, 4.69) is 9.97 Å². The lowest BCUT2D eigenvalue weighted by molar-refractivity contribution is 0.619. The lowest BCUT2D eigenvalue weighted by Crippen LogP contribution is -1.82. The Bertz CT molecular complexity index is 593. The van der Waals surface area contributed by atoms with Crippen LogP contribution in [0.5, 0.6) is 0 Å². The Balaban J connectivity index is 2.15. The molecule has 3 aromatic rings. The first kappa shape index (κ1) is 9.09. The van der Waals surface area contributed by atoms with E-state index in [0.29, 0.717) is 5.89 Å². The van der Waals surface area contributed by atoms with Gasteiger partial charge < -0.3 is 4.42 Å². The number of aromatic nitrogens is 2. The van der Waals surface area contributed by atoms with Gasteiger partial charge in [0, 0.05) is 11.9 Å². The molecular weight excluding hydrogens is 200 g/mol. The molecule has 3 rings (SSSR count). The van der Waals surface area contributed by atoms with Crippen molar-refractivity contribution in [3.05, 3.63) is 48.3 Å². The lowest BCUT2D eigenvalue weighted by Gasteiger charge is -1.94. The number of hydrogen-bond acceptors (Lipinski definition) is 3. The number of fused-ring (bicyclic) bond motifs is 1. The summed E-state index contributed by atoms with van der Waals surface area (Å²) in [6.45, 7) is 1.95. The van der Waals surface area contributed by atoms with Crippen LogP contribution in [0.15, 0.2) is 47.0 Å². The van der Waals surface area contributed by atoms with Crippen LogP contribution in [0.1, 0.15) is 5.69 Å². The summed E-state index contributed by atoms with van der Waals surface area (Å²) in [5, 5.41) is 0. The van der Waals surface area contributed by atoms with Crippen LogP contribution in [0.2, 0.25) is 0 Å². The molecule has 2 heterocycles. The maximum absolute atomic E-state index is 5.64. The van der Waals surface area contributed by atoms with Crippen molar-refractivity contribution in [2.75, 3.05) is 0 Å². The second-order valence-corrected chi connectivity index (χ2v) is 3.67. The molecule has 0 unspecified atom stereocenters. The third-order valence-electron chi connectivity index (χ3n) is 2.45. The van der Waals surface area contributed by atoms with Crippen molar-refractivity contribution < 1.29 is 4.42 Å². The van der Waals surface area contributed by atoms with E-state index in [1.807, 2.05) is 43.3 Å². The predicted molar refractivity (Wildman–Crippen MR) is 62.0 cm³/mol. The minimum Gasteiger partial charge on any atom is -0.436 e. The first-order valence-corrected chi connectivity index (χ1v) is 5.11. The first-order valence-electron chi connectivity index (χ1n) is 5.11. The third-order valence-corrected chi connectivity index (χ3v) is 2.45. The average Bonchev–Trinajstić information content (AvgIpc) is 2.73. The summed E-state index contributed by atoms with van der Waals surface area (Å²) in [6, 6.07) is 11.6. The molecule has 0 fully saturated rings. The smallest absolute Gasteiger partial charge is 0.228 e. The van der Waals surface area contributed by atoms with Crippen LogP contribution >= 0.6 is 0 Å². The van der Waals surface area contributed by atoms with Crippen LogP contribution in [0, 0.1) is 6.92 Å². The Labute approximate surface area is 92.8 Å². The first-order chi connectivity index (χ1) is 7.83. The molecule has 78 valence electrons. The van der Waals surface area contributed by atoms with E-state index in [1.165, 1.54) is 0 Å². The van der Waals surface area contributed by atoms with Gasteiger partial charge in [0.15, 0.2) is 5.58 Å². The maximum atomic E-state index is 5.64. The summed E-state index contributed by atoms with van der Waals surface area (Å²) >= 11 is 0. The average molecular weight is 210 g/mol. The van der Waals surface area contributed by atoms with Gasteiger partial charge in [-0.15, -0.1) is 0 Å². The highest BCUT2D eigenvalue weighted by Crippen LogP contribution is 2.23. The maximum Gasteiger partial charge on any atom is 0.228 e. The largest absolute Gasteiger partial charge is 0.436 e. The minimum atomic E-state index is 0.619. The van der Waals surface area contributed by atoms with Gasteiger partial charge in [-0.1, -0.05) is 12.1 Å². The van der Waals surface area contributed by atoms with E-state index in [4.69, 9.17) is 4.42 Å². The van der Waals surface area contributed by atoms with Gasteiger partial charge in [0.05, 0.1) is 5.56 Å². The molecule has 0 N–H and O–H groups in total. The number of oxazole rings is 1. The Morgan fingerprint density at radius 2 is 1.94 bits per heavy atom. The zero-order valence-electron chi connectivity index (χ0n) is 8.84. The van der Waals surface area contributed by atoms with Crippen LogP contribution < -0.4 is 0 Å². The number of nitrogens with zero attached hydrogens (tertiary/aromatic N) is 2. The lowest BCUT2D eigenvalue weighted by atomic mass is 10.2. The van der Waals surface area contributed by atoms with Crippen molar-refractivity contribution in [3.63, 3.8) is 0 Å². The number of rotatable bonds is 1. The molecule has 0 saturated carbocycles. The Kier molecular flexibility index (Phi) is 1.96. The predicted octanol–water partition coefficient (Wildman–Crippen LogP) is 3.20. The molecule has 0 atom stereocenters. The van der Waals surface area contributed by atoms with E-state index in [1.54, 1.807) is 6.20 Å². The fourth-order valence-corrected chi connectivity index (χ4v) is 1.59. The SMILES string of the molecule is Cc1ccc(-c2nc3ccccc3o2)cn1. The van der Waals surface area contributed by atoms with Gasteiger partial charge >= 0.3 is 0 Å². The fourth-order valence-electron chi connectivity index (χ4n) is 1.59. The van der Waals surface area contributed by atoms with Crippen LogP contribution in [0.3, 0.4) is 0 Å². The fraction of sp³-hybridized carbons (Fsp3) is 0.0769. The van der Waals surface area contributed by atoms with Gasteiger partial charge in [-0.3, -0.25) is 4.98 Å². The van der Waals surface area contributed by atoms with Crippen LogP contribution in [0.25, 0.3) is 22.6 Å². The van der Waals surface area contributed by atoms with Crippen molar-refractivity contribution in [3.8, 4) is 11.5 Å². The molecule has 1 aromatic carbocycles. The summed E-state index contributed by atoms with van der Waals surface area (Å²) in [5.74, 6) is 0.619. The van der Waals surface area contributed by atoms with Crippen molar-refractivity contribution in [1.82, 2.24) is 9.97 Å². The summed E-state index contributed by atoms with van der Waals surface area (Å²) in [4.78, 5) is 8.63. The highest BCUT2D eigenvalue weighted by Gasteiger charge is 2.07. The monoisotopic (exact) mass is 210 g/mol. The van der Waals surface area contributed by atoms with E-state index in [9.17, 15) is 0 Å². The topological polar surface area (TPSA) is 38.9 Å². The van der Waals surface area contributed by atoms with Crippen molar-refractivity contribution >= 4 is 11.1 Å². The number of para-hydroxylation sites is 2. The van der Waals surface area contributed by atoms with Gasteiger partial charge in [0.25, 0.3) is 0 Å². The van der Waals surface area contributed by atoms with Crippen molar-refractivity contribution in [1.29, 1.82) is 0 Å². The van der Waals surface area contributed by atoms with E-state index < -0.39 is 0 Å². The molecule has 16 heavy (non-hydrogen) atoms. The molecule has 0 bridgehead atoms. The molecule has 0 saturated heterocycles. The number of pyridine rings is 1. The standard InChI is InChI=1S/C13H10N2O/c1-9-6-7-10(8-14-9)13-15-11-4-2-3-5-12(11)16-13/h2-8H,1H3. The quantitative estimate of drug-likeness (QED) is 0.619. The zero-order valence-corrected chi connectivity index (χ0v) is 8.84. The zero-order chi connectivity index (χ0) is 11.0. The van der Waals surface area contributed by atoms with E-state index in [-0.39, 0.29) is 0 Å². The molecule has 0 spiro atoms. The second kappa shape index (κ2) is 3.45. The summed E-state index contributed by atoms with van der Waals surface area (Å²) in [6.07, 6.45) is 1.78. The second-order valence-electron chi connectivity index (χ2n) is 3.67. The number of benzene rings is 1.